The van der Waals surface area contributed by atoms with Crippen LogP contribution in [0.3, 0.4) is 0 Å². The van der Waals surface area contributed by atoms with Crippen LogP contribution >= 0.6 is 0 Å². The maximum absolute atomic E-state index is 2.48. The van der Waals surface area contributed by atoms with E-state index in [2.05, 4.69) is 45.5 Å². The Morgan fingerprint density at radius 1 is 1.24 bits per heavy atom. The third-order valence-electron chi connectivity index (χ3n) is 5.07. The first-order chi connectivity index (χ1) is 8.08. The van der Waals surface area contributed by atoms with Crippen LogP contribution < -0.4 is 0 Å². The molecule has 1 heteroatoms. The fourth-order valence-corrected chi connectivity index (χ4v) is 3.36. The van der Waals surface area contributed by atoms with Crippen molar-refractivity contribution in [3.8, 4) is 0 Å². The van der Waals surface area contributed by atoms with Crippen LogP contribution in [0.5, 0.6) is 0 Å². The fraction of sp³-hybridized carbons (Fsp3) is 0.938. The van der Waals surface area contributed by atoms with Gasteiger partial charge in [-0.2, -0.15) is 0 Å². The second-order valence-corrected chi connectivity index (χ2v) is 6.24. The van der Waals surface area contributed by atoms with Crippen LogP contribution in [-0.4, -0.2) is 24.4 Å². The molecule has 0 spiro atoms. The van der Waals surface area contributed by atoms with Gasteiger partial charge in [0.15, 0.2) is 0 Å². The minimum Gasteiger partial charge on any atom is -0.242 e. The summed E-state index contributed by atoms with van der Waals surface area (Å²) in [7, 11) is 2.21. The highest BCUT2D eigenvalue weighted by atomic mass is 15.0. The molecule has 1 nitrogen and oxygen atoms in total. The molecule has 100 valence electrons. The summed E-state index contributed by atoms with van der Waals surface area (Å²) in [6.45, 7) is 10.7. The summed E-state index contributed by atoms with van der Waals surface area (Å²) in [5.41, 5.74) is 0. The lowest BCUT2D eigenvalue weighted by molar-refractivity contribution is -0.503. The van der Waals surface area contributed by atoms with Crippen molar-refractivity contribution in [2.75, 3.05) is 13.6 Å². The van der Waals surface area contributed by atoms with Gasteiger partial charge in [-0.1, -0.05) is 40.0 Å². The summed E-state index contributed by atoms with van der Waals surface area (Å²) in [4.78, 5) is 0. The van der Waals surface area contributed by atoms with Crippen LogP contribution in [0.15, 0.2) is 0 Å². The van der Waals surface area contributed by atoms with Gasteiger partial charge in [0.2, 0.25) is 0 Å². The maximum atomic E-state index is 2.48. The topological polar surface area (TPSA) is 3.01 Å². The lowest BCUT2D eigenvalue weighted by atomic mass is 9.73. The smallest absolute Gasteiger partial charge is 0.145 e. The van der Waals surface area contributed by atoms with Crippen LogP contribution in [0.2, 0.25) is 0 Å². The van der Waals surface area contributed by atoms with E-state index in [0.717, 1.165) is 23.7 Å². The van der Waals surface area contributed by atoms with E-state index in [1.54, 1.807) is 0 Å². The Morgan fingerprint density at radius 2 is 1.94 bits per heavy atom. The zero-order chi connectivity index (χ0) is 12.8. The second kappa shape index (κ2) is 7.18. The van der Waals surface area contributed by atoms with Crippen molar-refractivity contribution in [3.05, 3.63) is 0 Å². The highest BCUT2D eigenvalue weighted by Gasteiger charge is 2.29. The van der Waals surface area contributed by atoms with Gasteiger partial charge >= 0.3 is 0 Å². The molecule has 0 N–H and O–H groups in total. The zero-order valence-corrected chi connectivity index (χ0v) is 12.6. The van der Waals surface area contributed by atoms with Crippen LogP contribution in [0.1, 0.15) is 59.8 Å². The first-order valence-electron chi connectivity index (χ1n) is 7.58. The molecule has 0 amide bonds. The van der Waals surface area contributed by atoms with Gasteiger partial charge in [-0.05, 0) is 30.6 Å². The lowest BCUT2D eigenvalue weighted by Gasteiger charge is -2.33. The Morgan fingerprint density at radius 3 is 2.53 bits per heavy atom. The summed E-state index contributed by atoms with van der Waals surface area (Å²) in [5.74, 6) is 3.66. The third kappa shape index (κ3) is 4.44. The van der Waals surface area contributed by atoms with Crippen molar-refractivity contribution >= 4 is 6.21 Å². The molecule has 1 aliphatic rings. The number of nitrogens with zero attached hydrogens (tertiary/aromatic N) is 1. The minimum atomic E-state index is 0.881. The summed E-state index contributed by atoms with van der Waals surface area (Å²) in [5, 5.41) is 0. The predicted molar refractivity (Wildman–Crippen MR) is 76.9 cm³/mol. The van der Waals surface area contributed by atoms with Crippen LogP contribution in [-0.2, 0) is 0 Å². The highest BCUT2D eigenvalue weighted by Crippen LogP contribution is 2.35. The molecule has 17 heavy (non-hydrogen) atoms. The van der Waals surface area contributed by atoms with Crippen molar-refractivity contribution in [3.63, 3.8) is 0 Å². The molecule has 1 aliphatic carbocycles. The molecule has 0 heterocycles. The second-order valence-electron chi connectivity index (χ2n) is 6.24. The largest absolute Gasteiger partial charge is 0.242 e. The molecule has 0 radical (unpaired) electrons. The van der Waals surface area contributed by atoms with Gasteiger partial charge in [-0.25, -0.2) is 4.58 Å². The van der Waals surface area contributed by atoms with E-state index in [-0.39, 0.29) is 0 Å². The molecular weight excluding hydrogens is 206 g/mol. The Labute approximate surface area is 108 Å². The summed E-state index contributed by atoms with van der Waals surface area (Å²) >= 11 is 0. The molecule has 0 aromatic heterocycles. The van der Waals surface area contributed by atoms with E-state index in [4.69, 9.17) is 0 Å². The number of rotatable bonds is 3. The van der Waals surface area contributed by atoms with Gasteiger partial charge in [0.25, 0.3) is 0 Å². The maximum Gasteiger partial charge on any atom is 0.145 e. The van der Waals surface area contributed by atoms with Crippen molar-refractivity contribution in [2.45, 2.75) is 59.8 Å². The zero-order valence-electron chi connectivity index (χ0n) is 12.6. The first kappa shape index (κ1) is 14.7. The molecule has 0 bridgehead atoms. The molecule has 1 saturated carbocycles. The van der Waals surface area contributed by atoms with Crippen molar-refractivity contribution in [1.29, 1.82) is 0 Å². The summed E-state index contributed by atoms with van der Waals surface area (Å²) in [6, 6.07) is 0. The van der Waals surface area contributed by atoms with Crippen LogP contribution in [0, 0.1) is 23.7 Å². The summed E-state index contributed by atoms with van der Waals surface area (Å²) < 4.78 is 2.37. The van der Waals surface area contributed by atoms with Crippen LogP contribution in [0.25, 0.3) is 0 Å². The molecule has 1 rings (SSSR count). The van der Waals surface area contributed by atoms with Crippen molar-refractivity contribution < 1.29 is 4.58 Å². The van der Waals surface area contributed by atoms with E-state index >= 15 is 0 Å². The van der Waals surface area contributed by atoms with Gasteiger partial charge in [-0.3, -0.25) is 0 Å². The number of hydrogen-bond donors (Lipinski definition) is 0. The van der Waals surface area contributed by atoms with Gasteiger partial charge in [0.05, 0.1) is 0 Å². The normalized spacial score (nSPS) is 36.4. The molecule has 0 aliphatic heterocycles. The fourth-order valence-electron chi connectivity index (χ4n) is 3.36. The predicted octanol–water partition coefficient (Wildman–Crippen LogP) is 4.21. The Balaban J connectivity index is 2.61. The third-order valence-corrected chi connectivity index (χ3v) is 5.07. The molecule has 0 saturated heterocycles. The average molecular weight is 238 g/mol. The van der Waals surface area contributed by atoms with Gasteiger partial charge in [0.1, 0.15) is 19.8 Å². The molecule has 0 aromatic rings. The van der Waals surface area contributed by atoms with Crippen LogP contribution in [0.4, 0.5) is 0 Å². The van der Waals surface area contributed by atoms with E-state index in [9.17, 15) is 0 Å². The Hall–Kier alpha value is -0.330. The monoisotopic (exact) mass is 238 g/mol. The minimum absolute atomic E-state index is 0.881. The molecular formula is C16H32N+. The Bertz CT molecular complexity index is 244. The Kier molecular flexibility index (Phi) is 6.22. The molecule has 1 fully saturated rings. The lowest BCUT2D eigenvalue weighted by Crippen LogP contribution is -2.30. The standard InChI is InChI=1S/C16H32N/c1-6-15-9-8-10-16(12-17(5)7-2)14(4)13(3)11-15/h7,13-16H,6,8-12H2,1-5H3/q+1. The number of hydrogen-bond acceptors (Lipinski definition) is 0. The van der Waals surface area contributed by atoms with Crippen molar-refractivity contribution in [1.82, 2.24) is 0 Å². The van der Waals surface area contributed by atoms with Gasteiger partial charge < -0.3 is 0 Å². The average Bonchev–Trinajstić information content (AvgIpc) is 2.33. The van der Waals surface area contributed by atoms with Gasteiger partial charge in [-0.15, -0.1) is 0 Å². The van der Waals surface area contributed by atoms with E-state index < -0.39 is 0 Å². The molecule has 0 aromatic carbocycles. The SMILES string of the molecule is CC=[N+](C)CC1CCCC(CC)CC(C)C1C. The van der Waals surface area contributed by atoms with E-state index in [0.29, 0.717) is 0 Å². The first-order valence-corrected chi connectivity index (χ1v) is 7.58. The van der Waals surface area contributed by atoms with Crippen molar-refractivity contribution in [2.24, 2.45) is 23.7 Å². The van der Waals surface area contributed by atoms with E-state index in [1.165, 1.54) is 38.6 Å². The van der Waals surface area contributed by atoms with E-state index in [1.807, 2.05) is 0 Å². The highest BCUT2D eigenvalue weighted by molar-refractivity contribution is 5.46. The van der Waals surface area contributed by atoms with Gasteiger partial charge in [0, 0.05) is 12.8 Å². The quantitative estimate of drug-likeness (QED) is 0.512. The summed E-state index contributed by atoms with van der Waals surface area (Å²) in [6.07, 6.45) is 9.38. The molecule has 4 atom stereocenters. The molecule has 4 unspecified atom stereocenters.